The Morgan fingerprint density at radius 2 is 1.36 bits per heavy atom. The Hall–Kier alpha value is -6.85. The van der Waals surface area contributed by atoms with E-state index in [1.54, 1.807) is 48.5 Å². The second kappa shape index (κ2) is 22.1. The van der Waals surface area contributed by atoms with Gasteiger partial charge in [0.25, 0.3) is 0 Å². The minimum Gasteiger partial charge on any atom is -0.497 e. The molecule has 4 aliphatic heterocycles. The van der Waals surface area contributed by atoms with Crippen LogP contribution in [0.5, 0.6) is 23.0 Å². The zero-order valence-corrected chi connectivity index (χ0v) is 39.0. The summed E-state index contributed by atoms with van der Waals surface area (Å²) >= 11 is 0. The highest BCUT2D eigenvalue weighted by Gasteiger charge is 2.46. The predicted molar refractivity (Wildman–Crippen MR) is 240 cm³/mol. The second-order valence-electron chi connectivity index (χ2n) is 17.2. The van der Waals surface area contributed by atoms with Crippen molar-refractivity contribution in [3.63, 3.8) is 0 Å². The van der Waals surface area contributed by atoms with E-state index in [2.05, 4.69) is 21.3 Å². The van der Waals surface area contributed by atoms with E-state index in [0.717, 1.165) is 16.7 Å². The van der Waals surface area contributed by atoms with Gasteiger partial charge in [0.1, 0.15) is 72.2 Å². The van der Waals surface area contributed by atoms with E-state index in [0.29, 0.717) is 16.9 Å². The maximum Gasteiger partial charge on any atom is 0.303 e. The molecule has 69 heavy (non-hydrogen) atoms. The van der Waals surface area contributed by atoms with E-state index < -0.39 is 121 Å². The van der Waals surface area contributed by atoms with Crippen molar-refractivity contribution in [3.05, 3.63) is 83.4 Å². The van der Waals surface area contributed by atoms with Crippen molar-refractivity contribution in [1.29, 1.82) is 0 Å². The van der Waals surface area contributed by atoms with Crippen LogP contribution in [0.2, 0.25) is 0 Å². The maximum absolute atomic E-state index is 14.8. The zero-order valence-electron chi connectivity index (χ0n) is 39.0. The Balaban J connectivity index is 1.43. The lowest BCUT2D eigenvalue weighted by Crippen LogP contribution is -2.62. The molecule has 12 atom stereocenters. The van der Waals surface area contributed by atoms with Gasteiger partial charge in [-0.3, -0.25) is 33.6 Å². The minimum atomic E-state index is -1.85. The highest BCUT2D eigenvalue weighted by atomic mass is 16.7. The molecule has 0 spiro atoms. The average Bonchev–Trinajstić information content (AvgIpc) is 3.32. The summed E-state index contributed by atoms with van der Waals surface area (Å²) in [5, 5.41) is 51.8. The third-order valence-electron chi connectivity index (χ3n) is 12.2. The molecule has 0 radical (unpaired) electrons. The molecule has 372 valence electrons. The van der Waals surface area contributed by atoms with Crippen molar-refractivity contribution < 1.29 is 77.7 Å². The van der Waals surface area contributed by atoms with Gasteiger partial charge in [-0.05, 0) is 73.9 Å². The molecule has 4 aliphatic rings. The summed E-state index contributed by atoms with van der Waals surface area (Å²) in [5.41, 5.74) is 1.14. The van der Waals surface area contributed by atoms with Crippen LogP contribution in [0.25, 0.3) is 0 Å². The number of nitrogens with one attached hydrogen (secondary N) is 4. The largest absolute Gasteiger partial charge is 0.497 e. The van der Waals surface area contributed by atoms with E-state index in [-0.39, 0.29) is 35.7 Å². The van der Waals surface area contributed by atoms with Crippen LogP contribution in [0.1, 0.15) is 50.5 Å². The van der Waals surface area contributed by atoms with Crippen molar-refractivity contribution >= 4 is 41.4 Å². The highest BCUT2D eigenvalue weighted by Crippen LogP contribution is 2.38. The first kappa shape index (κ1) is 51.5. The molecule has 7 rings (SSSR count). The number of likely N-dealkylation sites (N-methyl/N-ethyl adjacent to an activating group) is 2. The molecular formula is C47H58N6O16. The quantitative estimate of drug-likeness (QED) is 0.128. The Kier molecular flexibility index (Phi) is 16.5. The number of nitrogens with zero attached hydrogens (tertiary/aromatic N) is 2. The first-order valence-electron chi connectivity index (χ1n) is 22.1. The van der Waals surface area contributed by atoms with Crippen LogP contribution in [0, 0.1) is 0 Å². The van der Waals surface area contributed by atoms with Gasteiger partial charge in [0.2, 0.25) is 41.7 Å². The van der Waals surface area contributed by atoms with E-state index in [4.69, 9.17) is 23.7 Å². The summed E-state index contributed by atoms with van der Waals surface area (Å²) in [5.74, 6) is -5.33. The van der Waals surface area contributed by atoms with E-state index in [1.165, 1.54) is 60.2 Å². The van der Waals surface area contributed by atoms with Crippen LogP contribution in [-0.4, -0.2) is 166 Å². The molecule has 22 nitrogen and oxygen atoms in total. The molecule has 3 aromatic carbocycles. The number of esters is 1. The van der Waals surface area contributed by atoms with Gasteiger partial charge >= 0.3 is 5.97 Å². The zero-order chi connectivity index (χ0) is 50.4. The Bertz CT molecular complexity index is 2380. The summed E-state index contributed by atoms with van der Waals surface area (Å²) in [7, 11) is 4.22. The fourth-order valence-electron chi connectivity index (χ4n) is 8.10. The number of hydrogen-bond acceptors (Lipinski definition) is 16. The summed E-state index contributed by atoms with van der Waals surface area (Å²) < 4.78 is 28.8. The topological polar surface area (TPSA) is 301 Å². The molecule has 0 aliphatic carbocycles. The van der Waals surface area contributed by atoms with Gasteiger partial charge in [-0.25, -0.2) is 0 Å². The van der Waals surface area contributed by atoms with E-state index in [1.807, 2.05) is 0 Å². The lowest BCUT2D eigenvalue weighted by molar-refractivity contribution is -0.277. The summed E-state index contributed by atoms with van der Waals surface area (Å²) in [6.45, 7) is 4.43. The molecule has 6 bridgehead atoms. The number of fused-ring (bicyclic) bond motifs is 2. The summed E-state index contributed by atoms with van der Waals surface area (Å²) in [6.07, 6.45) is -10.1. The predicted octanol–water partition coefficient (Wildman–Crippen LogP) is -1.26. The monoisotopic (exact) mass is 962 g/mol. The lowest BCUT2D eigenvalue weighted by atomic mass is 9.97. The molecule has 22 heteroatoms. The Morgan fingerprint density at radius 3 is 1.99 bits per heavy atom. The summed E-state index contributed by atoms with van der Waals surface area (Å²) in [6, 6.07) is 8.65. The number of benzene rings is 3. The third-order valence-corrected chi connectivity index (χ3v) is 12.2. The van der Waals surface area contributed by atoms with Gasteiger partial charge in [-0.2, -0.15) is 0 Å². The fraction of sp³-hybridized carbons (Fsp3) is 0.468. The van der Waals surface area contributed by atoms with Crippen LogP contribution < -0.4 is 35.5 Å². The molecule has 3 aromatic rings. The second-order valence-corrected chi connectivity index (χ2v) is 17.2. The highest BCUT2D eigenvalue weighted by molar-refractivity contribution is 5.98. The van der Waals surface area contributed by atoms with Gasteiger partial charge in [-0.1, -0.05) is 30.3 Å². The molecule has 2 saturated heterocycles. The fourth-order valence-corrected chi connectivity index (χ4v) is 8.10. The maximum atomic E-state index is 14.8. The first-order valence-corrected chi connectivity index (χ1v) is 22.1. The van der Waals surface area contributed by atoms with Crippen molar-refractivity contribution in [2.45, 2.75) is 114 Å². The number of ether oxygens (including phenoxy) is 5. The number of aliphatic hydroxyl groups is 4. The third kappa shape index (κ3) is 11.9. The van der Waals surface area contributed by atoms with Crippen LogP contribution in [0.3, 0.4) is 0 Å². The molecule has 0 saturated carbocycles. The van der Waals surface area contributed by atoms with Gasteiger partial charge in [0.15, 0.2) is 17.6 Å². The molecule has 12 unspecified atom stereocenters. The normalized spacial score (nSPS) is 29.6. The SMILES string of the molecule is COc1ccc(CC2C(=O)NC(C)C(=O)N(C)C3Cc4ccc(cc4)Oc4cc(ccc4OC4OC(CO)C(O)C(O)C4O)C(OC(C)=O)C(NC3=O)C(=O)NC(C)C(=O)NC(C)C(=O)N2C)cc1. The lowest BCUT2D eigenvalue weighted by Gasteiger charge is -2.39. The van der Waals surface area contributed by atoms with Gasteiger partial charge in [0, 0.05) is 33.9 Å². The molecule has 2 fully saturated rings. The number of carbonyl (C=O) groups is 7. The first-order chi connectivity index (χ1) is 32.7. The molecule has 4 heterocycles. The number of hydrogen-bond donors (Lipinski definition) is 8. The van der Waals surface area contributed by atoms with Crippen LogP contribution in [-0.2, 0) is 55.9 Å². The van der Waals surface area contributed by atoms with Crippen molar-refractivity contribution in [1.82, 2.24) is 31.1 Å². The molecule has 6 amide bonds. The Labute approximate surface area is 397 Å². The van der Waals surface area contributed by atoms with Gasteiger partial charge in [0.05, 0.1) is 13.7 Å². The van der Waals surface area contributed by atoms with E-state index >= 15 is 0 Å². The van der Waals surface area contributed by atoms with Crippen LogP contribution in [0.4, 0.5) is 0 Å². The number of methoxy groups -OCH3 is 1. The average molecular weight is 963 g/mol. The molecule has 8 N–H and O–H groups in total. The number of aliphatic hydroxyl groups excluding tert-OH is 4. The summed E-state index contributed by atoms with van der Waals surface area (Å²) in [4.78, 5) is 101. The van der Waals surface area contributed by atoms with Crippen LogP contribution >= 0.6 is 0 Å². The van der Waals surface area contributed by atoms with Crippen molar-refractivity contribution in [3.8, 4) is 23.0 Å². The smallest absolute Gasteiger partial charge is 0.303 e. The van der Waals surface area contributed by atoms with E-state index in [9.17, 15) is 54.0 Å². The number of rotatable bonds is 7. The van der Waals surface area contributed by atoms with Gasteiger partial charge < -0.3 is 75.2 Å². The molecular weight excluding hydrogens is 905 g/mol. The number of carbonyl (C=O) groups excluding carboxylic acids is 7. The van der Waals surface area contributed by atoms with Crippen LogP contribution in [0.15, 0.2) is 66.7 Å². The van der Waals surface area contributed by atoms with Gasteiger partial charge in [-0.15, -0.1) is 0 Å². The minimum absolute atomic E-state index is 0.00688. The Morgan fingerprint density at radius 1 is 0.739 bits per heavy atom. The van der Waals surface area contributed by atoms with Crippen molar-refractivity contribution in [2.75, 3.05) is 27.8 Å². The molecule has 0 aromatic heterocycles. The number of amides is 6. The van der Waals surface area contributed by atoms with Crippen molar-refractivity contribution in [2.24, 2.45) is 0 Å². The standard InChI is InChI=1S/C47H58N6O16/c1-22-41(59)49-23(2)45(63)52(5)31(18-26-8-13-29(65-7)14-9-26)42(60)50-24(3)46(64)53(6)32-19-27-10-15-30(16-11-27)67-34-20-28(40(66-25(4)55)36(44(62)48-22)51-43(32)61)12-17-33(34)68-47-39(58)38(57)37(56)35(21-54)69-47/h8-17,20,22-24,31-32,35-40,47,54,56-58H,18-19,21H2,1-7H3,(H,48,62)(H,49,59)(H,50,60)(H,51,61).